The number of hydrogen-bond donors (Lipinski definition) is 8. The Morgan fingerprint density at radius 3 is 2.07 bits per heavy atom. The van der Waals surface area contributed by atoms with Gasteiger partial charge in [-0.3, -0.25) is 57.7 Å². The lowest BCUT2D eigenvalue weighted by molar-refractivity contribution is -0.213. The molecule has 4 rings (SSSR count). The van der Waals surface area contributed by atoms with Gasteiger partial charge >= 0.3 is 11.9 Å². The van der Waals surface area contributed by atoms with Crippen LogP contribution in [0.25, 0.3) is 0 Å². The van der Waals surface area contributed by atoms with Crippen LogP contribution in [0.2, 0.25) is 0 Å². The lowest BCUT2D eigenvalue weighted by atomic mass is 9.84. The Morgan fingerprint density at radius 1 is 0.826 bits per heavy atom. The fourth-order valence-electron chi connectivity index (χ4n) is 9.70. The van der Waals surface area contributed by atoms with E-state index in [1.54, 1.807) is 38.1 Å². The van der Waals surface area contributed by atoms with Gasteiger partial charge in [-0.05, 0) is 108 Å². The molecule has 2 aliphatic rings. The number of carbonyl (C=O) groups is 10. The van der Waals surface area contributed by atoms with E-state index in [4.69, 9.17) is 14.3 Å². The van der Waals surface area contributed by atoms with Gasteiger partial charge in [0.25, 0.3) is 11.8 Å². The van der Waals surface area contributed by atoms with Crippen LogP contribution in [0.1, 0.15) is 172 Å². The molecule has 7 atom stereocenters. The van der Waals surface area contributed by atoms with Crippen LogP contribution >= 0.6 is 11.3 Å². The van der Waals surface area contributed by atoms with Gasteiger partial charge in [0.05, 0.1) is 50.3 Å². The van der Waals surface area contributed by atoms with E-state index in [0.29, 0.717) is 30.5 Å². The molecule has 1 aromatic heterocycles. The minimum atomic E-state index is -1.28. The Kier molecular flexibility index (Phi) is 30.6. The number of likely N-dealkylation sites (tertiary alicyclic amines) is 1. The zero-order valence-corrected chi connectivity index (χ0v) is 52.4. The van der Waals surface area contributed by atoms with Crippen molar-refractivity contribution in [2.75, 3.05) is 58.3 Å². The number of aliphatic carboxylic acids is 1. The number of rotatable bonds is 35. The number of likely N-dealkylation sites (N-methyl/N-ethyl adjacent to an activating group) is 1. The Morgan fingerprint density at radius 2 is 1.47 bits per heavy atom. The second-order valence-corrected chi connectivity index (χ2v) is 24.0. The molecular formula is C61H92N10O14S. The van der Waals surface area contributed by atoms with E-state index in [9.17, 15) is 53.1 Å². The molecule has 1 aromatic carbocycles. The minimum Gasteiger partial charge on any atom is -0.481 e. The highest BCUT2D eigenvalue weighted by Crippen LogP contribution is 2.33. The van der Waals surface area contributed by atoms with Crippen molar-refractivity contribution in [2.45, 2.75) is 188 Å². The first-order valence-corrected chi connectivity index (χ1v) is 31.0. The van der Waals surface area contributed by atoms with Crippen molar-refractivity contribution in [2.24, 2.45) is 17.3 Å². The number of aromatic nitrogens is 1. The van der Waals surface area contributed by atoms with Crippen molar-refractivity contribution in [3.05, 3.63) is 45.9 Å². The minimum absolute atomic E-state index is 0.00866. The number of esters is 1. The van der Waals surface area contributed by atoms with E-state index < -0.39 is 103 Å². The summed E-state index contributed by atoms with van der Waals surface area (Å²) in [5.41, 5.74) is -0.236. The Bertz CT molecular complexity index is 2660. The first-order valence-electron chi connectivity index (χ1n) is 30.1. The number of amides is 8. The highest BCUT2D eigenvalue weighted by Gasteiger charge is 2.40. The molecule has 1 fully saturated rings. The summed E-state index contributed by atoms with van der Waals surface area (Å²) in [6.45, 7) is 13.1. The van der Waals surface area contributed by atoms with Crippen molar-refractivity contribution in [3.63, 3.8) is 0 Å². The highest BCUT2D eigenvalue weighted by molar-refractivity contribution is 7.09. The van der Waals surface area contributed by atoms with E-state index >= 15 is 0 Å². The van der Waals surface area contributed by atoms with E-state index in [2.05, 4.69) is 61.0 Å². The van der Waals surface area contributed by atoms with Gasteiger partial charge in [-0.2, -0.15) is 0 Å². The number of carboxylic acid groups (broad SMARTS) is 1. The summed E-state index contributed by atoms with van der Waals surface area (Å²) >= 11 is 1.09. The third kappa shape index (κ3) is 25.1. The fraction of sp³-hybridized carbons (Fsp3) is 0.656. The summed E-state index contributed by atoms with van der Waals surface area (Å²) < 4.78 is 11.4. The quantitative estimate of drug-likeness (QED) is 0.0200. The number of carbonyl (C=O) groups excluding carboxylic acids is 9. The van der Waals surface area contributed by atoms with Crippen LogP contribution in [0.3, 0.4) is 0 Å². The van der Waals surface area contributed by atoms with E-state index in [-0.39, 0.29) is 79.6 Å². The van der Waals surface area contributed by atoms with E-state index in [0.717, 1.165) is 75.7 Å². The van der Waals surface area contributed by atoms with E-state index in [1.807, 2.05) is 39.6 Å². The lowest BCUT2D eigenvalue weighted by Crippen LogP contribution is -2.58. The van der Waals surface area contributed by atoms with Gasteiger partial charge in [0.2, 0.25) is 35.4 Å². The average Bonchev–Trinajstić information content (AvgIpc) is 2.56. The monoisotopic (exact) mass is 1220 g/mol. The van der Waals surface area contributed by atoms with Gasteiger partial charge in [-0.1, -0.05) is 84.8 Å². The number of ether oxygens (including phenoxy) is 2. The Labute approximate surface area is 509 Å². The molecule has 0 bridgehead atoms. The summed E-state index contributed by atoms with van der Waals surface area (Å²) in [4.78, 5) is 143. The van der Waals surface area contributed by atoms with Crippen molar-refractivity contribution in [3.8, 4) is 11.8 Å². The summed E-state index contributed by atoms with van der Waals surface area (Å²) in [5.74, 6) is -0.498. The first kappa shape index (κ1) is 71.5. The standard InChI is InChI=1S/C61H92N10O14S/c1-10-12-20-29-84-71(59(80)55(40(5)11-2)69-57(79)47-23-18-19-28-70(47)9)48(39(3)4)31-49(85-41(6)72)58-68-46(38-86-58)56(78)67-44(32-61(7,8)60(81)82)30-42-24-26-43(27-25-42)66-53(76)36-64-51(74)34-62-50(73)33-63-52(75)35-65-54(77)37-83-45-21-16-14-13-15-17-22-45/h24-27,38-40,44-45,47-49,55H,10-16,18-21,23,28-37H2,1-9H3,(H,62,73)(H,63,75)(H,64,74)(H,65,77)(H,66,76)(H,67,78)(H,69,79)(H,81,82)/t40-,44-,45?,47+,48+,49+,55-/m0/s1. The maximum absolute atomic E-state index is 14.9. The van der Waals surface area contributed by atoms with Crippen LogP contribution in [0, 0.1) is 29.1 Å². The lowest BCUT2D eigenvalue weighted by Gasteiger charge is -2.39. The molecule has 0 spiro atoms. The summed E-state index contributed by atoms with van der Waals surface area (Å²) in [6, 6.07) is 3.89. The van der Waals surface area contributed by atoms with Crippen LogP contribution in [-0.4, -0.2) is 163 Å². The van der Waals surface area contributed by atoms with Crippen molar-refractivity contribution in [1.82, 2.24) is 46.8 Å². The fourth-order valence-corrected chi connectivity index (χ4v) is 10.5. The van der Waals surface area contributed by atoms with Gasteiger partial charge in [0.1, 0.15) is 29.5 Å². The van der Waals surface area contributed by atoms with Crippen molar-refractivity contribution >= 4 is 76.2 Å². The molecule has 24 nitrogen and oxygen atoms in total. The summed E-state index contributed by atoms with van der Waals surface area (Å²) in [6.07, 6.45) is 9.04. The molecule has 1 aliphatic heterocycles. The van der Waals surface area contributed by atoms with Gasteiger partial charge in [-0.15, -0.1) is 17.3 Å². The number of piperidine rings is 1. The van der Waals surface area contributed by atoms with Crippen LogP contribution in [0.15, 0.2) is 29.6 Å². The number of benzene rings is 1. The molecule has 1 aliphatic carbocycles. The smallest absolute Gasteiger partial charge is 0.309 e. The number of thiazole rings is 1. The summed E-state index contributed by atoms with van der Waals surface area (Å²) in [7, 11) is 1.91. The van der Waals surface area contributed by atoms with Gasteiger partial charge < -0.3 is 51.8 Å². The van der Waals surface area contributed by atoms with Crippen molar-refractivity contribution < 1.29 is 67.4 Å². The Balaban J connectivity index is 1.36. The van der Waals surface area contributed by atoms with Gasteiger partial charge in [0, 0.05) is 36.9 Å². The Hall–Kier alpha value is -7.01. The van der Waals surface area contributed by atoms with Gasteiger partial charge in [0.15, 0.2) is 6.10 Å². The molecule has 86 heavy (non-hydrogen) atoms. The normalized spacial score (nSPS) is 17.0. The molecule has 8 N–H and O–H groups in total. The number of nitrogens with one attached hydrogen (secondary N) is 7. The van der Waals surface area contributed by atoms with Gasteiger partial charge in [-0.25, -0.2) is 10.0 Å². The second kappa shape index (κ2) is 36.9. The third-order valence-corrected chi connectivity index (χ3v) is 16.0. The van der Waals surface area contributed by atoms with E-state index in [1.165, 1.54) is 17.4 Å². The third-order valence-electron chi connectivity index (χ3n) is 15.0. The molecule has 8 amide bonds. The molecular weight excluding hydrogens is 1130 g/mol. The average molecular weight is 1220 g/mol. The maximum atomic E-state index is 14.9. The molecule has 476 valence electrons. The number of unbranched alkanes of at least 4 members (excludes halogenated alkanes) is 2. The van der Waals surface area contributed by atoms with Crippen LogP contribution < -0.4 is 37.2 Å². The zero-order chi connectivity index (χ0) is 63.3. The number of anilines is 1. The molecule has 1 unspecified atom stereocenters. The second-order valence-electron chi connectivity index (χ2n) is 23.1. The molecule has 2 heterocycles. The predicted octanol–water partition coefficient (Wildman–Crippen LogP) is 4.73. The molecule has 0 saturated carbocycles. The zero-order valence-electron chi connectivity index (χ0n) is 51.6. The van der Waals surface area contributed by atoms with Crippen LogP contribution in [0.4, 0.5) is 5.69 Å². The number of hydrogen-bond acceptors (Lipinski definition) is 16. The molecule has 2 aromatic rings. The molecule has 1 saturated heterocycles. The molecule has 25 heteroatoms. The largest absolute Gasteiger partial charge is 0.481 e. The number of carboxylic acids is 1. The van der Waals surface area contributed by atoms with Crippen LogP contribution in [0.5, 0.6) is 0 Å². The van der Waals surface area contributed by atoms with Crippen LogP contribution in [-0.2, 0) is 63.9 Å². The number of nitrogens with zero attached hydrogens (tertiary/aromatic N) is 3. The topological polar surface area (TPSA) is 322 Å². The highest BCUT2D eigenvalue weighted by atomic mass is 32.1. The predicted molar refractivity (Wildman–Crippen MR) is 323 cm³/mol. The molecule has 0 radical (unpaired) electrons. The van der Waals surface area contributed by atoms with Crippen molar-refractivity contribution in [1.29, 1.82) is 0 Å². The SMILES string of the molecule is CCCCCON(C(=O)[C@@H](NC(=O)[C@H]1CCCCN1C)[C@@H](C)CC)[C@H](C[C@@H](OC(C)=O)c1nc(C(=O)N[C@@H](Cc2ccc(NC(=O)CNC(=O)CNC(=O)CNC(=O)CNC(=O)COC3C#CCCCCC3)cc2)CC(C)(C)C(=O)O)cs1)C(C)C. The number of hydroxylamine groups is 2. The first-order chi connectivity index (χ1) is 40.9. The summed E-state index contributed by atoms with van der Waals surface area (Å²) in [5, 5.41) is 31.5. The maximum Gasteiger partial charge on any atom is 0.309 e.